The van der Waals surface area contributed by atoms with Gasteiger partial charge < -0.3 is 5.32 Å². The summed E-state index contributed by atoms with van der Waals surface area (Å²) in [5.41, 5.74) is 2.27. The van der Waals surface area contributed by atoms with Crippen LogP contribution in [-0.4, -0.2) is 22.6 Å². The number of hydrogen-bond acceptors (Lipinski definition) is 3. The first-order chi connectivity index (χ1) is 10.2. The Hall–Kier alpha value is -0.970. The average molecular weight is 324 g/mol. The average Bonchev–Trinajstić information content (AvgIpc) is 2.89. The minimum atomic E-state index is 0.0795. The summed E-state index contributed by atoms with van der Waals surface area (Å²) in [6, 6.07) is 8.73. The molecule has 0 aliphatic heterocycles. The molecule has 0 amide bonds. The Morgan fingerprint density at radius 2 is 2.00 bits per heavy atom. The molecule has 0 fully saturated rings. The number of nitrogens with zero attached hydrogens (tertiary/aromatic N) is 2. The molecular weight excluding hydrogens is 302 g/mol. The maximum atomic E-state index is 6.38. The van der Waals surface area contributed by atoms with Gasteiger partial charge in [0.2, 0.25) is 0 Å². The molecule has 0 radical (unpaired) electrons. The maximum Gasteiger partial charge on any atom is 0.0837 e. The third-order valence-electron chi connectivity index (χ3n) is 3.45. The molecule has 5 heteroatoms. The van der Waals surface area contributed by atoms with Crippen LogP contribution in [0.25, 0.3) is 0 Å². The lowest BCUT2D eigenvalue weighted by Crippen LogP contribution is -2.26. The number of hydrogen-bond donors (Lipinski definition) is 1. The molecule has 2 aromatic rings. The molecule has 0 aliphatic rings. The fourth-order valence-electron chi connectivity index (χ4n) is 2.37. The highest BCUT2D eigenvalue weighted by atomic mass is 35.5. The number of halogens is 1. The van der Waals surface area contributed by atoms with Crippen LogP contribution < -0.4 is 5.32 Å². The van der Waals surface area contributed by atoms with Gasteiger partial charge in [-0.05, 0) is 43.8 Å². The lowest BCUT2D eigenvalue weighted by Gasteiger charge is -2.21. The van der Waals surface area contributed by atoms with Crippen LogP contribution >= 0.6 is 23.4 Å². The summed E-state index contributed by atoms with van der Waals surface area (Å²) in [6.07, 6.45) is 4.90. The molecule has 2 rings (SSSR count). The monoisotopic (exact) mass is 323 g/mol. The highest BCUT2D eigenvalue weighted by Crippen LogP contribution is 2.29. The Labute approximate surface area is 136 Å². The van der Waals surface area contributed by atoms with E-state index in [2.05, 4.69) is 54.8 Å². The molecule has 0 saturated carbocycles. The Morgan fingerprint density at radius 1 is 1.29 bits per heavy atom. The molecule has 1 atom stereocenters. The van der Waals surface area contributed by atoms with Crippen LogP contribution in [0.4, 0.5) is 0 Å². The van der Waals surface area contributed by atoms with Gasteiger partial charge in [-0.25, -0.2) is 0 Å². The fraction of sp³-hybridized carbons (Fsp3) is 0.438. The molecule has 0 bridgehead atoms. The first kappa shape index (κ1) is 16.4. The van der Waals surface area contributed by atoms with Gasteiger partial charge in [-0.2, -0.15) is 5.10 Å². The van der Waals surface area contributed by atoms with Crippen LogP contribution in [0.1, 0.15) is 37.6 Å². The van der Waals surface area contributed by atoms with E-state index in [1.54, 1.807) is 18.0 Å². The minimum absolute atomic E-state index is 0.0795. The summed E-state index contributed by atoms with van der Waals surface area (Å²) in [5.74, 6) is 0. The first-order valence-corrected chi connectivity index (χ1v) is 8.90. The van der Waals surface area contributed by atoms with Gasteiger partial charge in [0.25, 0.3) is 0 Å². The second kappa shape index (κ2) is 7.87. The van der Waals surface area contributed by atoms with E-state index in [0.29, 0.717) is 0 Å². The van der Waals surface area contributed by atoms with E-state index in [1.807, 2.05) is 4.68 Å². The molecule has 0 spiro atoms. The van der Waals surface area contributed by atoms with E-state index in [0.717, 1.165) is 30.2 Å². The molecule has 3 nitrogen and oxygen atoms in total. The van der Waals surface area contributed by atoms with E-state index in [4.69, 9.17) is 11.6 Å². The zero-order chi connectivity index (χ0) is 15.2. The van der Waals surface area contributed by atoms with Crippen LogP contribution in [-0.2, 0) is 6.54 Å². The highest BCUT2D eigenvalue weighted by Gasteiger charge is 2.21. The maximum absolute atomic E-state index is 6.38. The molecule has 1 aromatic heterocycles. The third kappa shape index (κ3) is 3.82. The van der Waals surface area contributed by atoms with Gasteiger partial charge in [-0.1, -0.05) is 30.7 Å². The summed E-state index contributed by atoms with van der Waals surface area (Å²) in [6.45, 7) is 6.01. The van der Waals surface area contributed by atoms with Crippen LogP contribution in [0, 0.1) is 0 Å². The van der Waals surface area contributed by atoms with Crippen molar-refractivity contribution in [3.63, 3.8) is 0 Å². The van der Waals surface area contributed by atoms with E-state index < -0.39 is 0 Å². The van der Waals surface area contributed by atoms with Crippen molar-refractivity contribution in [1.82, 2.24) is 15.1 Å². The van der Waals surface area contributed by atoms with Crippen molar-refractivity contribution < 1.29 is 0 Å². The van der Waals surface area contributed by atoms with Crippen molar-refractivity contribution in [1.29, 1.82) is 0 Å². The predicted molar refractivity (Wildman–Crippen MR) is 91.3 cm³/mol. The van der Waals surface area contributed by atoms with Crippen molar-refractivity contribution in [3.8, 4) is 0 Å². The standard InChI is InChI=1S/C16H22ClN3S/c1-4-10-18-15(12-6-8-13(21-3)9-7-12)16-14(17)11-19-20(16)5-2/h6-9,11,15,18H,4-5,10H2,1-3H3. The zero-order valence-corrected chi connectivity index (χ0v) is 14.3. The molecule has 1 heterocycles. The molecule has 21 heavy (non-hydrogen) atoms. The van der Waals surface area contributed by atoms with Crippen molar-refractivity contribution >= 4 is 23.4 Å². The summed E-state index contributed by atoms with van der Waals surface area (Å²) in [5, 5.41) is 8.67. The summed E-state index contributed by atoms with van der Waals surface area (Å²) < 4.78 is 1.97. The van der Waals surface area contributed by atoms with Gasteiger partial charge in [0.1, 0.15) is 0 Å². The van der Waals surface area contributed by atoms with Gasteiger partial charge >= 0.3 is 0 Å². The Kier molecular flexibility index (Phi) is 6.15. The van der Waals surface area contributed by atoms with E-state index >= 15 is 0 Å². The molecule has 1 N–H and O–H groups in total. The topological polar surface area (TPSA) is 29.9 Å². The van der Waals surface area contributed by atoms with Crippen LogP contribution in [0.3, 0.4) is 0 Å². The number of aryl methyl sites for hydroxylation is 1. The smallest absolute Gasteiger partial charge is 0.0837 e. The van der Waals surface area contributed by atoms with Crippen molar-refractivity contribution in [3.05, 3.63) is 46.7 Å². The van der Waals surface area contributed by atoms with Crippen LogP contribution in [0.2, 0.25) is 5.02 Å². The third-order valence-corrected chi connectivity index (χ3v) is 4.49. The molecule has 1 aromatic carbocycles. The van der Waals surface area contributed by atoms with Crippen LogP contribution in [0.15, 0.2) is 35.4 Å². The number of thioether (sulfide) groups is 1. The lowest BCUT2D eigenvalue weighted by atomic mass is 10.0. The Balaban J connectivity index is 2.39. The van der Waals surface area contributed by atoms with Crippen molar-refractivity contribution in [2.75, 3.05) is 12.8 Å². The predicted octanol–water partition coefficient (Wildman–Crippen LogP) is 4.37. The number of aromatic nitrogens is 2. The normalized spacial score (nSPS) is 12.6. The second-order valence-electron chi connectivity index (χ2n) is 4.85. The van der Waals surface area contributed by atoms with Gasteiger partial charge in [0.05, 0.1) is 23.0 Å². The number of benzene rings is 1. The summed E-state index contributed by atoms with van der Waals surface area (Å²) >= 11 is 8.13. The van der Waals surface area contributed by atoms with E-state index in [1.165, 1.54) is 10.5 Å². The van der Waals surface area contributed by atoms with Gasteiger partial charge in [-0.15, -0.1) is 11.8 Å². The van der Waals surface area contributed by atoms with Crippen molar-refractivity contribution in [2.24, 2.45) is 0 Å². The van der Waals surface area contributed by atoms with Crippen LogP contribution in [0.5, 0.6) is 0 Å². The number of rotatable bonds is 7. The van der Waals surface area contributed by atoms with E-state index in [-0.39, 0.29) is 6.04 Å². The van der Waals surface area contributed by atoms with Gasteiger partial charge in [0, 0.05) is 11.4 Å². The first-order valence-electron chi connectivity index (χ1n) is 7.29. The van der Waals surface area contributed by atoms with Crippen molar-refractivity contribution in [2.45, 2.75) is 37.8 Å². The van der Waals surface area contributed by atoms with Gasteiger partial charge in [0.15, 0.2) is 0 Å². The SMILES string of the molecule is CCCNC(c1ccc(SC)cc1)c1c(Cl)cnn1CC. The molecule has 114 valence electrons. The minimum Gasteiger partial charge on any atom is -0.305 e. The fourth-order valence-corrected chi connectivity index (χ4v) is 3.03. The largest absolute Gasteiger partial charge is 0.305 e. The zero-order valence-electron chi connectivity index (χ0n) is 12.8. The molecule has 1 unspecified atom stereocenters. The summed E-state index contributed by atoms with van der Waals surface area (Å²) in [7, 11) is 0. The Morgan fingerprint density at radius 3 is 2.57 bits per heavy atom. The molecular formula is C16H22ClN3S. The molecule has 0 saturated heterocycles. The lowest BCUT2D eigenvalue weighted by molar-refractivity contribution is 0.530. The van der Waals surface area contributed by atoms with E-state index in [9.17, 15) is 0 Å². The highest BCUT2D eigenvalue weighted by molar-refractivity contribution is 7.98. The quantitative estimate of drug-likeness (QED) is 0.767. The Bertz CT molecular complexity index is 565. The number of nitrogens with one attached hydrogen (secondary N) is 1. The molecule has 0 aliphatic carbocycles. The summed E-state index contributed by atoms with van der Waals surface area (Å²) in [4.78, 5) is 1.27. The van der Waals surface area contributed by atoms with Gasteiger partial charge in [-0.3, -0.25) is 4.68 Å². The second-order valence-corrected chi connectivity index (χ2v) is 6.14.